The third-order valence-corrected chi connectivity index (χ3v) is 5.21. The zero-order valence-corrected chi connectivity index (χ0v) is 13.5. The quantitative estimate of drug-likeness (QED) is 0.551. The highest BCUT2D eigenvalue weighted by molar-refractivity contribution is 7.65. The molecule has 5 heteroatoms. The predicted molar refractivity (Wildman–Crippen MR) is 87.4 cm³/mol. The minimum atomic E-state index is -3.36. The van der Waals surface area contributed by atoms with Crippen molar-refractivity contribution >= 4 is 30.6 Å². The van der Waals surface area contributed by atoms with Crippen molar-refractivity contribution in [2.24, 2.45) is 0 Å². The third kappa shape index (κ3) is 3.84. The van der Waals surface area contributed by atoms with Gasteiger partial charge in [-0.25, -0.2) is 0 Å². The fraction of sp³-hybridized carbons (Fsp3) is 0.125. The Morgan fingerprint density at radius 3 is 2.10 bits per heavy atom. The van der Waals surface area contributed by atoms with E-state index in [0.717, 1.165) is 11.1 Å². The number of benzene rings is 2. The van der Waals surface area contributed by atoms with E-state index in [1.54, 1.807) is 18.2 Å². The first kappa shape index (κ1) is 16.0. The zero-order chi connectivity index (χ0) is 15.3. The highest BCUT2D eigenvalue weighted by Gasteiger charge is 2.28. The van der Waals surface area contributed by atoms with Gasteiger partial charge in [0, 0.05) is 19.2 Å². The standard InChI is InChI=1S/C16H16ClO3P/c1-19-21(18,20-2)16(14-6-4-3-5-7-14)12-13-8-10-15(17)11-9-13/h3-12H,1-2H3/b16-12+. The number of halogens is 1. The van der Waals surface area contributed by atoms with Crippen molar-refractivity contribution in [3.63, 3.8) is 0 Å². The molecule has 110 valence electrons. The SMILES string of the molecule is COP(=O)(OC)/C(=C/c1ccc(Cl)cc1)c1ccccc1. The molecule has 2 rings (SSSR count). The van der Waals surface area contributed by atoms with Crippen molar-refractivity contribution in [3.8, 4) is 0 Å². The molecule has 21 heavy (non-hydrogen) atoms. The van der Waals surface area contributed by atoms with Crippen LogP contribution in [-0.4, -0.2) is 14.2 Å². The first-order chi connectivity index (χ1) is 10.1. The molecule has 0 atom stereocenters. The molecule has 0 aromatic heterocycles. The Bertz CT molecular complexity index is 658. The summed E-state index contributed by atoms with van der Waals surface area (Å²) in [6.07, 6.45) is 1.79. The lowest BCUT2D eigenvalue weighted by Gasteiger charge is -2.17. The van der Waals surface area contributed by atoms with Gasteiger partial charge in [0.15, 0.2) is 0 Å². The fourth-order valence-corrected chi connectivity index (χ4v) is 3.36. The van der Waals surface area contributed by atoms with Crippen molar-refractivity contribution in [2.45, 2.75) is 0 Å². The largest absolute Gasteiger partial charge is 0.361 e. The normalized spacial score (nSPS) is 12.4. The van der Waals surface area contributed by atoms with Crippen molar-refractivity contribution < 1.29 is 13.6 Å². The smallest absolute Gasteiger partial charge is 0.309 e. The topological polar surface area (TPSA) is 35.5 Å². The Morgan fingerprint density at radius 1 is 1.00 bits per heavy atom. The molecule has 0 amide bonds. The van der Waals surface area contributed by atoms with Crippen LogP contribution >= 0.6 is 19.2 Å². The average Bonchev–Trinajstić information content (AvgIpc) is 2.54. The maximum Gasteiger partial charge on any atom is 0.361 e. The Balaban J connectivity index is 2.56. The number of rotatable bonds is 5. The molecular weight excluding hydrogens is 307 g/mol. The minimum absolute atomic E-state index is 0.510. The van der Waals surface area contributed by atoms with Gasteiger partial charge >= 0.3 is 7.60 Å². The van der Waals surface area contributed by atoms with Gasteiger partial charge in [-0.2, -0.15) is 0 Å². The molecule has 2 aromatic rings. The van der Waals surface area contributed by atoms with E-state index in [9.17, 15) is 4.57 Å². The molecule has 0 saturated heterocycles. The van der Waals surface area contributed by atoms with Gasteiger partial charge in [0.05, 0.1) is 5.31 Å². The summed E-state index contributed by atoms with van der Waals surface area (Å²) in [4.78, 5) is 0. The number of hydrogen-bond acceptors (Lipinski definition) is 3. The summed E-state index contributed by atoms with van der Waals surface area (Å²) in [6.45, 7) is 0. The van der Waals surface area contributed by atoms with E-state index >= 15 is 0 Å². The molecule has 3 nitrogen and oxygen atoms in total. The van der Waals surface area contributed by atoms with Crippen LogP contribution in [0.3, 0.4) is 0 Å². The Labute approximate surface area is 129 Å². The Morgan fingerprint density at radius 2 is 1.57 bits per heavy atom. The van der Waals surface area contributed by atoms with Crippen LogP contribution in [0, 0.1) is 0 Å². The van der Waals surface area contributed by atoms with Gasteiger partial charge in [-0.1, -0.05) is 54.1 Å². The van der Waals surface area contributed by atoms with Crippen LogP contribution in [0.4, 0.5) is 0 Å². The summed E-state index contributed by atoms with van der Waals surface area (Å²) in [7, 11) is -0.607. The first-order valence-corrected chi connectivity index (χ1v) is 8.26. The molecule has 0 N–H and O–H groups in total. The van der Waals surface area contributed by atoms with Gasteiger partial charge in [0.2, 0.25) is 0 Å². The van der Waals surface area contributed by atoms with Crippen molar-refractivity contribution in [1.29, 1.82) is 0 Å². The summed E-state index contributed by atoms with van der Waals surface area (Å²) < 4.78 is 23.1. The molecule has 0 fully saturated rings. The second-order valence-corrected chi connectivity index (χ2v) is 6.95. The van der Waals surface area contributed by atoms with Gasteiger partial charge in [0.25, 0.3) is 0 Å². The number of hydrogen-bond donors (Lipinski definition) is 0. The van der Waals surface area contributed by atoms with Crippen molar-refractivity contribution in [1.82, 2.24) is 0 Å². The van der Waals surface area contributed by atoms with Crippen LogP contribution in [0.2, 0.25) is 5.02 Å². The molecule has 0 unspecified atom stereocenters. The molecule has 0 radical (unpaired) electrons. The van der Waals surface area contributed by atoms with Crippen LogP contribution in [0.25, 0.3) is 11.4 Å². The summed E-state index contributed by atoms with van der Waals surface area (Å²) in [5.74, 6) is 0. The summed E-state index contributed by atoms with van der Waals surface area (Å²) in [5.41, 5.74) is 1.66. The van der Waals surface area contributed by atoms with E-state index in [2.05, 4.69) is 0 Å². The average molecular weight is 323 g/mol. The predicted octanol–water partition coefficient (Wildman–Crippen LogP) is 5.32. The van der Waals surface area contributed by atoms with Crippen molar-refractivity contribution in [3.05, 3.63) is 70.7 Å². The van der Waals surface area contributed by atoms with Crippen LogP contribution < -0.4 is 0 Å². The highest BCUT2D eigenvalue weighted by atomic mass is 35.5. The monoisotopic (exact) mass is 322 g/mol. The van der Waals surface area contributed by atoms with E-state index < -0.39 is 7.60 Å². The van der Waals surface area contributed by atoms with E-state index in [4.69, 9.17) is 20.6 Å². The molecule has 0 heterocycles. The molecule has 0 aliphatic rings. The summed E-state index contributed by atoms with van der Waals surface area (Å²) >= 11 is 5.88. The van der Waals surface area contributed by atoms with Gasteiger partial charge in [-0.05, 0) is 29.3 Å². The molecular formula is C16H16ClO3P. The van der Waals surface area contributed by atoms with Crippen LogP contribution in [0.1, 0.15) is 11.1 Å². The Hall–Kier alpha value is -1.38. The van der Waals surface area contributed by atoms with E-state index in [1.807, 2.05) is 42.5 Å². The van der Waals surface area contributed by atoms with Crippen LogP contribution in [0.15, 0.2) is 54.6 Å². The van der Waals surface area contributed by atoms with Gasteiger partial charge in [0.1, 0.15) is 0 Å². The van der Waals surface area contributed by atoms with Gasteiger partial charge < -0.3 is 9.05 Å². The second-order valence-electron chi connectivity index (χ2n) is 4.31. The zero-order valence-electron chi connectivity index (χ0n) is 11.8. The lowest BCUT2D eigenvalue weighted by molar-refractivity contribution is 0.288. The lowest BCUT2D eigenvalue weighted by Crippen LogP contribution is -1.93. The molecule has 0 saturated carbocycles. The third-order valence-electron chi connectivity index (χ3n) is 3.02. The van der Waals surface area contributed by atoms with E-state index in [1.165, 1.54) is 14.2 Å². The maximum atomic E-state index is 12.8. The fourth-order valence-electron chi connectivity index (χ4n) is 1.92. The summed E-state index contributed by atoms with van der Waals surface area (Å²) in [6, 6.07) is 16.6. The molecule has 0 aliphatic carbocycles. The van der Waals surface area contributed by atoms with Gasteiger partial charge in [-0.3, -0.25) is 4.57 Å². The maximum absolute atomic E-state index is 12.8. The second kappa shape index (κ2) is 7.06. The van der Waals surface area contributed by atoms with Crippen molar-refractivity contribution in [2.75, 3.05) is 14.2 Å². The molecule has 2 aromatic carbocycles. The lowest BCUT2D eigenvalue weighted by atomic mass is 10.1. The minimum Gasteiger partial charge on any atom is -0.309 e. The van der Waals surface area contributed by atoms with Crippen LogP contribution in [0.5, 0.6) is 0 Å². The van der Waals surface area contributed by atoms with E-state index in [-0.39, 0.29) is 0 Å². The van der Waals surface area contributed by atoms with Crippen LogP contribution in [-0.2, 0) is 13.6 Å². The highest BCUT2D eigenvalue weighted by Crippen LogP contribution is 2.59. The Kier molecular flexibility index (Phi) is 5.38. The van der Waals surface area contributed by atoms with Gasteiger partial charge in [-0.15, -0.1) is 0 Å². The molecule has 0 spiro atoms. The summed E-state index contributed by atoms with van der Waals surface area (Å²) in [5, 5.41) is 1.16. The van der Waals surface area contributed by atoms with E-state index in [0.29, 0.717) is 10.3 Å². The molecule has 0 bridgehead atoms. The first-order valence-electron chi connectivity index (χ1n) is 6.34. The molecule has 0 aliphatic heterocycles.